The molecule has 1 unspecified atom stereocenters. The van der Waals surface area contributed by atoms with Crippen molar-refractivity contribution in [2.75, 3.05) is 13.7 Å². The SMILES string of the molecule is CCOC(=O)C1=C(C)N=c2s/c(=C/c3ccc(-n4cc(-c5ccc(OC)cc5)nn4)cc3)c(=O)n2C1c1ccccc1. The van der Waals surface area contributed by atoms with Crippen LogP contribution in [-0.2, 0) is 9.53 Å². The molecular formula is C32H27N5O4S. The Balaban J connectivity index is 1.34. The molecule has 0 radical (unpaired) electrons. The number of carbonyl (C=O) groups is 1. The van der Waals surface area contributed by atoms with Crippen LogP contribution in [0.1, 0.15) is 31.0 Å². The summed E-state index contributed by atoms with van der Waals surface area (Å²) in [6.45, 7) is 3.77. The minimum atomic E-state index is -0.627. The maximum atomic E-state index is 13.8. The third-order valence-electron chi connectivity index (χ3n) is 6.97. The molecule has 0 N–H and O–H groups in total. The number of allylic oxidation sites excluding steroid dienone is 1. The molecule has 0 amide bonds. The third-order valence-corrected chi connectivity index (χ3v) is 7.95. The van der Waals surface area contributed by atoms with E-state index in [1.54, 1.807) is 30.2 Å². The van der Waals surface area contributed by atoms with Gasteiger partial charge in [0, 0.05) is 5.56 Å². The Labute approximate surface area is 245 Å². The highest BCUT2D eigenvalue weighted by Gasteiger charge is 2.33. The lowest BCUT2D eigenvalue weighted by atomic mass is 9.96. The second kappa shape index (κ2) is 11.4. The van der Waals surface area contributed by atoms with Gasteiger partial charge >= 0.3 is 5.97 Å². The summed E-state index contributed by atoms with van der Waals surface area (Å²) in [5.74, 6) is 0.306. The van der Waals surface area contributed by atoms with Crippen LogP contribution in [0.25, 0.3) is 23.0 Å². The molecule has 0 aliphatic carbocycles. The molecule has 1 atom stereocenters. The van der Waals surface area contributed by atoms with Gasteiger partial charge in [0.15, 0.2) is 4.80 Å². The van der Waals surface area contributed by atoms with Crippen LogP contribution < -0.4 is 19.6 Å². The van der Waals surface area contributed by atoms with E-state index in [-0.39, 0.29) is 12.2 Å². The van der Waals surface area contributed by atoms with Gasteiger partial charge in [-0.05, 0) is 67.4 Å². The Kier molecular flexibility index (Phi) is 7.37. The summed E-state index contributed by atoms with van der Waals surface area (Å²) >= 11 is 1.30. The van der Waals surface area contributed by atoms with Crippen molar-refractivity contribution in [1.82, 2.24) is 19.6 Å². The van der Waals surface area contributed by atoms with Crippen LogP contribution in [0.2, 0.25) is 0 Å². The van der Waals surface area contributed by atoms with Gasteiger partial charge in [-0.25, -0.2) is 14.5 Å². The number of hydrogen-bond acceptors (Lipinski definition) is 8. The van der Waals surface area contributed by atoms with Crippen LogP contribution in [-0.4, -0.2) is 39.2 Å². The Morgan fingerprint density at radius 1 is 1.02 bits per heavy atom. The van der Waals surface area contributed by atoms with E-state index in [9.17, 15) is 9.59 Å². The molecule has 0 spiro atoms. The van der Waals surface area contributed by atoms with Crippen molar-refractivity contribution in [2.24, 2.45) is 4.99 Å². The topological polar surface area (TPSA) is 101 Å². The Hall–Kier alpha value is -5.09. The number of hydrogen-bond donors (Lipinski definition) is 0. The molecule has 6 rings (SSSR count). The second-order valence-corrected chi connectivity index (χ2v) is 10.6. The normalized spacial score (nSPS) is 14.8. The predicted molar refractivity (Wildman–Crippen MR) is 160 cm³/mol. The van der Waals surface area contributed by atoms with E-state index in [0.29, 0.717) is 20.6 Å². The first-order valence-corrected chi connectivity index (χ1v) is 14.2. The monoisotopic (exact) mass is 577 g/mol. The Morgan fingerprint density at radius 2 is 1.76 bits per heavy atom. The van der Waals surface area contributed by atoms with Gasteiger partial charge in [-0.2, -0.15) is 0 Å². The van der Waals surface area contributed by atoms with Crippen molar-refractivity contribution >= 4 is 23.4 Å². The van der Waals surface area contributed by atoms with E-state index in [4.69, 9.17) is 9.47 Å². The minimum absolute atomic E-state index is 0.216. The van der Waals surface area contributed by atoms with E-state index in [1.807, 2.05) is 91.1 Å². The van der Waals surface area contributed by atoms with Gasteiger partial charge in [-0.15, -0.1) is 5.10 Å². The van der Waals surface area contributed by atoms with Crippen LogP contribution in [0.3, 0.4) is 0 Å². The highest BCUT2D eigenvalue weighted by atomic mass is 32.1. The predicted octanol–water partition coefficient (Wildman–Crippen LogP) is 4.05. The smallest absolute Gasteiger partial charge is 0.338 e. The Bertz CT molecular complexity index is 1970. The molecule has 1 aliphatic heterocycles. The van der Waals surface area contributed by atoms with Crippen molar-refractivity contribution in [3.8, 4) is 22.7 Å². The van der Waals surface area contributed by atoms with Gasteiger partial charge in [0.1, 0.15) is 11.4 Å². The van der Waals surface area contributed by atoms with E-state index >= 15 is 0 Å². The maximum absolute atomic E-state index is 13.8. The number of rotatable bonds is 7. The number of thiazole rings is 1. The molecule has 0 bridgehead atoms. The summed E-state index contributed by atoms with van der Waals surface area (Å²) in [7, 11) is 1.63. The number of fused-ring (bicyclic) bond motifs is 1. The van der Waals surface area contributed by atoms with E-state index in [2.05, 4.69) is 15.3 Å². The lowest BCUT2D eigenvalue weighted by Crippen LogP contribution is -2.39. The van der Waals surface area contributed by atoms with E-state index in [1.165, 1.54) is 11.3 Å². The van der Waals surface area contributed by atoms with E-state index in [0.717, 1.165) is 33.8 Å². The number of esters is 1. The number of carbonyl (C=O) groups excluding carboxylic acids is 1. The van der Waals surface area contributed by atoms with Gasteiger partial charge in [0.2, 0.25) is 0 Å². The maximum Gasteiger partial charge on any atom is 0.338 e. The van der Waals surface area contributed by atoms with Gasteiger partial charge in [0.25, 0.3) is 5.56 Å². The summed E-state index contributed by atoms with van der Waals surface area (Å²) in [4.78, 5) is 31.9. The Morgan fingerprint density at radius 3 is 2.45 bits per heavy atom. The molecule has 5 aromatic rings. The fourth-order valence-corrected chi connectivity index (χ4v) is 5.95. The summed E-state index contributed by atoms with van der Waals surface area (Å²) < 4.78 is 14.4. The molecule has 210 valence electrons. The third kappa shape index (κ3) is 5.08. The quantitative estimate of drug-likeness (QED) is 0.271. The zero-order valence-corrected chi connectivity index (χ0v) is 24.0. The average Bonchev–Trinajstić information content (AvgIpc) is 3.62. The summed E-state index contributed by atoms with van der Waals surface area (Å²) in [5.41, 5.74) is 4.86. The van der Waals surface area contributed by atoms with Gasteiger partial charge in [0.05, 0.1) is 47.4 Å². The lowest BCUT2D eigenvalue weighted by molar-refractivity contribution is -0.139. The highest BCUT2D eigenvalue weighted by molar-refractivity contribution is 7.07. The zero-order valence-electron chi connectivity index (χ0n) is 23.2. The van der Waals surface area contributed by atoms with Crippen molar-refractivity contribution in [3.63, 3.8) is 0 Å². The molecule has 3 aromatic carbocycles. The number of ether oxygens (including phenoxy) is 2. The van der Waals surface area contributed by atoms with Crippen LogP contribution >= 0.6 is 11.3 Å². The number of methoxy groups -OCH3 is 1. The number of nitrogens with zero attached hydrogens (tertiary/aromatic N) is 5. The largest absolute Gasteiger partial charge is 0.497 e. The first-order chi connectivity index (χ1) is 20.5. The first-order valence-electron chi connectivity index (χ1n) is 13.4. The fourth-order valence-electron chi connectivity index (χ4n) is 4.90. The summed E-state index contributed by atoms with van der Waals surface area (Å²) in [6, 6.07) is 24.2. The molecule has 1 aliphatic rings. The summed E-state index contributed by atoms with van der Waals surface area (Å²) in [6.07, 6.45) is 3.70. The van der Waals surface area contributed by atoms with Crippen molar-refractivity contribution < 1.29 is 14.3 Å². The van der Waals surface area contributed by atoms with Crippen molar-refractivity contribution in [3.05, 3.63) is 127 Å². The molecule has 9 nitrogen and oxygen atoms in total. The number of aromatic nitrogens is 4. The van der Waals surface area contributed by atoms with Gasteiger partial charge in [-0.3, -0.25) is 9.36 Å². The van der Waals surface area contributed by atoms with Crippen LogP contribution in [0.5, 0.6) is 5.75 Å². The lowest BCUT2D eigenvalue weighted by Gasteiger charge is -2.24. The number of benzene rings is 3. The molecule has 0 fully saturated rings. The standard InChI is InChI=1S/C32H27N5O4S/c1-4-41-31(39)28-20(2)33-32-37(29(28)23-8-6-5-7-9-23)30(38)27(42-32)18-21-10-14-24(15-11-21)36-19-26(34-35-36)22-12-16-25(40-3)17-13-22/h5-19,29H,4H2,1-3H3/b27-18+. The average molecular weight is 578 g/mol. The highest BCUT2D eigenvalue weighted by Crippen LogP contribution is 2.30. The van der Waals surface area contributed by atoms with E-state index < -0.39 is 12.0 Å². The fraction of sp³-hybridized carbons (Fsp3) is 0.156. The van der Waals surface area contributed by atoms with Crippen molar-refractivity contribution in [2.45, 2.75) is 19.9 Å². The molecule has 3 heterocycles. The van der Waals surface area contributed by atoms with Crippen LogP contribution in [0.15, 0.2) is 106 Å². The molecule has 0 saturated heterocycles. The molecule has 10 heteroatoms. The summed E-state index contributed by atoms with van der Waals surface area (Å²) in [5, 5.41) is 8.58. The van der Waals surface area contributed by atoms with Crippen LogP contribution in [0, 0.1) is 0 Å². The minimum Gasteiger partial charge on any atom is -0.497 e. The van der Waals surface area contributed by atoms with Gasteiger partial charge in [-0.1, -0.05) is 59.0 Å². The first kappa shape index (κ1) is 27.1. The van der Waals surface area contributed by atoms with Gasteiger partial charge < -0.3 is 9.47 Å². The van der Waals surface area contributed by atoms with Crippen LogP contribution in [0.4, 0.5) is 0 Å². The zero-order chi connectivity index (χ0) is 29.2. The molecule has 0 saturated carbocycles. The van der Waals surface area contributed by atoms with Crippen molar-refractivity contribution in [1.29, 1.82) is 0 Å². The molecular weight excluding hydrogens is 550 g/mol. The second-order valence-electron chi connectivity index (χ2n) is 9.58. The molecule has 2 aromatic heterocycles. The molecule has 42 heavy (non-hydrogen) atoms.